The van der Waals surface area contributed by atoms with E-state index in [-0.39, 0.29) is 11.5 Å². The zero-order chi connectivity index (χ0) is 8.91. The van der Waals surface area contributed by atoms with E-state index in [1.807, 2.05) is 27.7 Å². The number of rotatable bonds is 2. The van der Waals surface area contributed by atoms with Crippen LogP contribution in [-0.4, -0.2) is 11.2 Å². The van der Waals surface area contributed by atoms with Gasteiger partial charge in [0.1, 0.15) is 0 Å². The summed E-state index contributed by atoms with van der Waals surface area (Å²) < 4.78 is 0. The molecule has 0 spiro atoms. The lowest BCUT2D eigenvalue weighted by atomic mass is 9.87. The normalized spacial score (nSPS) is 13.5. The Hall–Kier alpha value is -0.480. The average Bonchev–Trinajstić information content (AvgIpc) is 1.86. The van der Waals surface area contributed by atoms with Crippen LogP contribution < -0.4 is 0 Å². The second-order valence-electron chi connectivity index (χ2n) is 3.85. The maximum atomic E-state index is 9.54. The first-order valence-corrected chi connectivity index (χ1v) is 4.06. The van der Waals surface area contributed by atoms with Crippen LogP contribution in [0, 0.1) is 17.3 Å². The molecule has 0 amide bonds. The van der Waals surface area contributed by atoms with E-state index in [9.17, 15) is 5.11 Å². The predicted octanol–water partition coefficient (Wildman–Crippen LogP) is 2.20. The summed E-state index contributed by atoms with van der Waals surface area (Å²) in [6.45, 7) is 7.94. The molecule has 0 aromatic carbocycles. The predicted molar refractivity (Wildman–Crippen MR) is 48.1 cm³/mol. The monoisotopic (exact) mass is 154 g/mol. The lowest BCUT2D eigenvalue weighted by Gasteiger charge is -2.24. The van der Waals surface area contributed by atoms with Crippen molar-refractivity contribution in [3.63, 3.8) is 0 Å². The molecule has 1 unspecified atom stereocenters. The van der Waals surface area contributed by atoms with Gasteiger partial charge in [-0.25, -0.2) is 0 Å². The Labute approximate surface area is 69.8 Å². The molecule has 0 aliphatic heterocycles. The largest absolute Gasteiger partial charge is 0.393 e. The molecule has 1 heteroatoms. The number of hydrogen-bond acceptors (Lipinski definition) is 1. The van der Waals surface area contributed by atoms with E-state index in [0.29, 0.717) is 0 Å². The van der Waals surface area contributed by atoms with Gasteiger partial charge in [0.15, 0.2) is 0 Å². The first-order valence-electron chi connectivity index (χ1n) is 4.06. The minimum Gasteiger partial charge on any atom is -0.393 e. The van der Waals surface area contributed by atoms with Crippen molar-refractivity contribution < 1.29 is 5.11 Å². The van der Waals surface area contributed by atoms with E-state index in [4.69, 9.17) is 0 Å². The van der Waals surface area contributed by atoms with Crippen LogP contribution in [0.2, 0.25) is 0 Å². The third-order valence-electron chi connectivity index (χ3n) is 1.72. The van der Waals surface area contributed by atoms with Crippen molar-refractivity contribution in [3.8, 4) is 11.8 Å². The quantitative estimate of drug-likeness (QED) is 0.604. The highest BCUT2D eigenvalue weighted by atomic mass is 16.3. The molecular weight excluding hydrogens is 136 g/mol. The van der Waals surface area contributed by atoms with Gasteiger partial charge in [-0.05, 0) is 18.8 Å². The van der Waals surface area contributed by atoms with Crippen LogP contribution in [0.15, 0.2) is 0 Å². The van der Waals surface area contributed by atoms with E-state index in [1.54, 1.807) is 0 Å². The maximum absolute atomic E-state index is 9.54. The Morgan fingerprint density at radius 1 is 1.36 bits per heavy atom. The molecule has 0 aromatic rings. The zero-order valence-electron chi connectivity index (χ0n) is 7.94. The van der Waals surface area contributed by atoms with Gasteiger partial charge < -0.3 is 5.11 Å². The van der Waals surface area contributed by atoms with Gasteiger partial charge in [0, 0.05) is 6.42 Å². The first-order chi connectivity index (χ1) is 4.98. The molecule has 0 aliphatic rings. The van der Waals surface area contributed by atoms with Crippen molar-refractivity contribution in [3.05, 3.63) is 0 Å². The van der Waals surface area contributed by atoms with Gasteiger partial charge in [-0.1, -0.05) is 20.8 Å². The number of hydrogen-bond donors (Lipinski definition) is 1. The van der Waals surface area contributed by atoms with E-state index in [1.165, 1.54) is 0 Å². The third-order valence-corrected chi connectivity index (χ3v) is 1.72. The van der Waals surface area contributed by atoms with E-state index >= 15 is 0 Å². The molecule has 64 valence electrons. The number of aliphatic hydroxyl groups is 1. The molecular formula is C10H18O. The molecule has 0 bridgehead atoms. The Bertz CT molecular complexity index is 154. The molecule has 0 heterocycles. The molecule has 0 rings (SSSR count). The summed E-state index contributed by atoms with van der Waals surface area (Å²) in [5.74, 6) is 5.75. The van der Waals surface area contributed by atoms with Crippen LogP contribution in [0.1, 0.15) is 40.5 Å². The topological polar surface area (TPSA) is 20.2 Å². The fourth-order valence-corrected chi connectivity index (χ4v) is 0.767. The molecule has 0 saturated carbocycles. The molecule has 11 heavy (non-hydrogen) atoms. The van der Waals surface area contributed by atoms with Crippen LogP contribution in [0.5, 0.6) is 0 Å². The van der Waals surface area contributed by atoms with Crippen molar-refractivity contribution in [2.24, 2.45) is 5.41 Å². The molecule has 0 saturated heterocycles. The lowest BCUT2D eigenvalue weighted by molar-refractivity contribution is 0.0570. The molecule has 0 radical (unpaired) electrons. The smallest absolute Gasteiger partial charge is 0.0597 e. The second kappa shape index (κ2) is 4.41. The Morgan fingerprint density at radius 3 is 2.27 bits per heavy atom. The number of aliphatic hydroxyl groups excluding tert-OH is 1. The molecule has 1 nitrogen and oxygen atoms in total. The average molecular weight is 154 g/mol. The summed E-state index contributed by atoms with van der Waals surface area (Å²) in [5.41, 5.74) is -0.00454. The van der Waals surface area contributed by atoms with Crippen LogP contribution in [-0.2, 0) is 0 Å². The summed E-state index contributed by atoms with van der Waals surface area (Å²) >= 11 is 0. The first kappa shape index (κ1) is 10.5. The van der Waals surface area contributed by atoms with Crippen molar-refractivity contribution in [1.82, 2.24) is 0 Å². The van der Waals surface area contributed by atoms with E-state index in [2.05, 4.69) is 11.8 Å². The van der Waals surface area contributed by atoms with Crippen molar-refractivity contribution in [1.29, 1.82) is 0 Å². The molecule has 1 atom stereocenters. The van der Waals surface area contributed by atoms with Gasteiger partial charge in [0.25, 0.3) is 0 Å². The van der Waals surface area contributed by atoms with Gasteiger partial charge in [0.05, 0.1) is 6.10 Å². The molecule has 1 N–H and O–H groups in total. The standard InChI is InChI=1S/C10H18O/c1-5-6-7-8-9(11)10(2,3)4/h9,11H,7-8H2,1-4H3. The van der Waals surface area contributed by atoms with Gasteiger partial charge in [-0.15, -0.1) is 11.8 Å². The zero-order valence-corrected chi connectivity index (χ0v) is 7.94. The summed E-state index contributed by atoms with van der Waals surface area (Å²) in [4.78, 5) is 0. The Morgan fingerprint density at radius 2 is 1.91 bits per heavy atom. The third kappa shape index (κ3) is 4.86. The highest BCUT2D eigenvalue weighted by Gasteiger charge is 2.20. The van der Waals surface area contributed by atoms with Gasteiger partial charge in [-0.2, -0.15) is 0 Å². The lowest BCUT2D eigenvalue weighted by Crippen LogP contribution is -2.25. The highest BCUT2D eigenvalue weighted by Crippen LogP contribution is 2.22. The SMILES string of the molecule is CC#CCCC(O)C(C)(C)C. The van der Waals surface area contributed by atoms with Crippen molar-refractivity contribution in [2.75, 3.05) is 0 Å². The second-order valence-corrected chi connectivity index (χ2v) is 3.85. The summed E-state index contributed by atoms with van der Waals surface area (Å²) in [6.07, 6.45) is 1.35. The molecule has 0 aromatic heterocycles. The van der Waals surface area contributed by atoms with E-state index < -0.39 is 0 Å². The maximum Gasteiger partial charge on any atom is 0.0597 e. The molecule has 0 aliphatic carbocycles. The highest BCUT2D eigenvalue weighted by molar-refractivity contribution is 4.95. The van der Waals surface area contributed by atoms with Crippen molar-refractivity contribution >= 4 is 0 Å². The van der Waals surface area contributed by atoms with Crippen molar-refractivity contribution in [2.45, 2.75) is 46.6 Å². The van der Waals surface area contributed by atoms with Crippen LogP contribution in [0.3, 0.4) is 0 Å². The molecule has 0 fully saturated rings. The fourth-order valence-electron chi connectivity index (χ4n) is 0.767. The van der Waals surface area contributed by atoms with Gasteiger partial charge in [0.2, 0.25) is 0 Å². The van der Waals surface area contributed by atoms with Gasteiger partial charge in [-0.3, -0.25) is 0 Å². The van der Waals surface area contributed by atoms with E-state index in [0.717, 1.165) is 12.8 Å². The Kier molecular flexibility index (Phi) is 4.22. The van der Waals surface area contributed by atoms with Crippen LogP contribution >= 0.6 is 0 Å². The Balaban J connectivity index is 3.67. The summed E-state index contributed by atoms with van der Waals surface area (Å²) in [6, 6.07) is 0. The fraction of sp³-hybridized carbons (Fsp3) is 0.800. The van der Waals surface area contributed by atoms with Crippen LogP contribution in [0.25, 0.3) is 0 Å². The van der Waals surface area contributed by atoms with Gasteiger partial charge >= 0.3 is 0 Å². The summed E-state index contributed by atoms with van der Waals surface area (Å²) in [5, 5.41) is 9.54. The summed E-state index contributed by atoms with van der Waals surface area (Å²) in [7, 11) is 0. The minimum absolute atomic E-state index is 0.00454. The van der Waals surface area contributed by atoms with Crippen LogP contribution in [0.4, 0.5) is 0 Å². The minimum atomic E-state index is -0.233.